The zero-order chi connectivity index (χ0) is 36.0. The predicted octanol–water partition coefficient (Wildman–Crippen LogP) is 14.0. The van der Waals surface area contributed by atoms with Crippen LogP contribution in [-0.4, -0.2) is 14.5 Å². The average molecular weight is 720 g/mol. The third-order valence-corrected chi connectivity index (χ3v) is 12.2. The molecule has 0 aliphatic carbocycles. The molecule has 0 saturated carbocycles. The topological polar surface area (TPSA) is 43.9 Å². The molecular formula is C50H29N3OS. The van der Waals surface area contributed by atoms with Gasteiger partial charge < -0.3 is 8.98 Å². The molecule has 0 atom stereocenters. The molecule has 0 fully saturated rings. The molecule has 0 aliphatic heterocycles. The summed E-state index contributed by atoms with van der Waals surface area (Å²) in [6.45, 7) is 0. The van der Waals surface area contributed by atoms with Gasteiger partial charge in [-0.15, -0.1) is 11.3 Å². The van der Waals surface area contributed by atoms with Gasteiger partial charge in [-0.3, -0.25) is 0 Å². The van der Waals surface area contributed by atoms with Crippen molar-refractivity contribution in [1.82, 2.24) is 14.5 Å². The molecule has 0 aliphatic rings. The molecule has 256 valence electrons. The molecule has 0 N–H and O–H groups in total. The lowest BCUT2D eigenvalue weighted by molar-refractivity contribution is 0.666. The van der Waals surface area contributed by atoms with Crippen molar-refractivity contribution in [3.63, 3.8) is 0 Å². The summed E-state index contributed by atoms with van der Waals surface area (Å²) in [5, 5.41) is 8.04. The molecule has 12 aromatic rings. The summed E-state index contributed by atoms with van der Waals surface area (Å²) in [5.74, 6) is 0.681. The smallest absolute Gasteiger partial charge is 0.161 e. The van der Waals surface area contributed by atoms with Crippen molar-refractivity contribution in [1.29, 1.82) is 0 Å². The summed E-state index contributed by atoms with van der Waals surface area (Å²) in [6, 6.07) is 62.4. The van der Waals surface area contributed by atoms with Crippen LogP contribution in [0.25, 0.3) is 114 Å². The van der Waals surface area contributed by atoms with Crippen LogP contribution in [0, 0.1) is 0 Å². The SMILES string of the molecule is c1ccc(-c2ccc(-c3nc(-c4cccc5oc6c(-n7c8ccccc8c8cc9ccccc9cc87)cccc6c45)nc4c3sc3ccccc34)cc2)cc1. The lowest BCUT2D eigenvalue weighted by atomic mass is 10.0. The van der Waals surface area contributed by atoms with Crippen LogP contribution >= 0.6 is 11.3 Å². The number of rotatable bonds is 4. The molecular weight excluding hydrogens is 691 g/mol. The van der Waals surface area contributed by atoms with E-state index in [-0.39, 0.29) is 0 Å². The minimum Gasteiger partial charge on any atom is -0.454 e. The van der Waals surface area contributed by atoms with Gasteiger partial charge in [0.2, 0.25) is 0 Å². The van der Waals surface area contributed by atoms with Gasteiger partial charge in [0.25, 0.3) is 0 Å². The summed E-state index contributed by atoms with van der Waals surface area (Å²) in [4.78, 5) is 10.8. The molecule has 0 unspecified atom stereocenters. The summed E-state index contributed by atoms with van der Waals surface area (Å²) >= 11 is 1.75. The number of para-hydroxylation sites is 2. The largest absolute Gasteiger partial charge is 0.454 e. The Morgan fingerprint density at radius 3 is 2.05 bits per heavy atom. The number of hydrogen-bond acceptors (Lipinski definition) is 4. The van der Waals surface area contributed by atoms with E-state index in [1.165, 1.54) is 37.4 Å². The summed E-state index contributed by atoms with van der Waals surface area (Å²) in [7, 11) is 0. The van der Waals surface area contributed by atoms with E-state index in [4.69, 9.17) is 14.4 Å². The Kier molecular flexibility index (Phi) is 6.47. The fourth-order valence-electron chi connectivity index (χ4n) is 8.47. The number of nitrogens with zero attached hydrogens (tertiary/aromatic N) is 3. The molecule has 4 nitrogen and oxygen atoms in total. The second-order valence-electron chi connectivity index (χ2n) is 14.1. The number of hydrogen-bond donors (Lipinski definition) is 0. The highest BCUT2D eigenvalue weighted by Gasteiger charge is 2.22. The molecule has 12 rings (SSSR count). The molecule has 0 saturated heterocycles. The second-order valence-corrected chi connectivity index (χ2v) is 15.2. The van der Waals surface area contributed by atoms with Gasteiger partial charge in [0.05, 0.1) is 32.6 Å². The number of benzene rings is 8. The molecule has 0 spiro atoms. The van der Waals surface area contributed by atoms with Crippen molar-refractivity contribution >= 4 is 86.2 Å². The van der Waals surface area contributed by atoms with Crippen LogP contribution in [0.15, 0.2) is 180 Å². The van der Waals surface area contributed by atoms with Crippen LogP contribution in [-0.2, 0) is 0 Å². The van der Waals surface area contributed by atoms with Crippen LogP contribution in [0.3, 0.4) is 0 Å². The monoisotopic (exact) mass is 719 g/mol. The Balaban J connectivity index is 1.10. The highest BCUT2D eigenvalue weighted by molar-refractivity contribution is 7.26. The lowest BCUT2D eigenvalue weighted by Gasteiger charge is -2.10. The van der Waals surface area contributed by atoms with Gasteiger partial charge in [0.1, 0.15) is 5.58 Å². The van der Waals surface area contributed by atoms with E-state index in [1.54, 1.807) is 11.3 Å². The van der Waals surface area contributed by atoms with Crippen molar-refractivity contribution in [2.75, 3.05) is 0 Å². The maximum absolute atomic E-state index is 6.89. The van der Waals surface area contributed by atoms with Crippen LogP contribution in [0.4, 0.5) is 0 Å². The maximum Gasteiger partial charge on any atom is 0.161 e. The first kappa shape index (κ1) is 30.4. The first-order valence-electron chi connectivity index (χ1n) is 18.5. The molecule has 5 heteroatoms. The third kappa shape index (κ3) is 4.57. The standard InChI is InChI=1S/C50H29N3OS/c1-2-12-30(13-3-1)31-24-26-32(27-25-31)46-49-47(36-17-7-9-23-44(36)55-49)52-50(51-46)38-19-11-22-43-45(38)37-18-10-21-41(48(37)54-43)53-40-20-8-6-16-35(40)39-28-33-14-4-5-15-34(33)29-42(39)53/h1-29H. The molecule has 0 bridgehead atoms. The van der Waals surface area contributed by atoms with Gasteiger partial charge in [-0.25, -0.2) is 9.97 Å². The fourth-order valence-corrected chi connectivity index (χ4v) is 9.62. The molecule has 0 amide bonds. The van der Waals surface area contributed by atoms with Gasteiger partial charge in [-0.1, -0.05) is 140 Å². The van der Waals surface area contributed by atoms with Gasteiger partial charge in [0.15, 0.2) is 11.4 Å². The minimum absolute atomic E-state index is 0.681. The quantitative estimate of drug-likeness (QED) is 0.182. The Morgan fingerprint density at radius 2 is 1.18 bits per heavy atom. The Morgan fingerprint density at radius 1 is 0.491 bits per heavy atom. The van der Waals surface area contributed by atoms with Crippen molar-refractivity contribution in [3.05, 3.63) is 176 Å². The lowest BCUT2D eigenvalue weighted by Crippen LogP contribution is -1.95. The molecule has 4 heterocycles. The predicted molar refractivity (Wildman–Crippen MR) is 230 cm³/mol. The van der Waals surface area contributed by atoms with E-state index < -0.39 is 0 Å². The zero-order valence-corrected chi connectivity index (χ0v) is 30.2. The Bertz CT molecular complexity index is 3480. The van der Waals surface area contributed by atoms with E-state index in [0.29, 0.717) is 5.82 Å². The first-order valence-corrected chi connectivity index (χ1v) is 19.3. The van der Waals surface area contributed by atoms with Gasteiger partial charge in [-0.2, -0.15) is 0 Å². The molecule has 4 aromatic heterocycles. The number of fused-ring (bicyclic) bond motifs is 10. The van der Waals surface area contributed by atoms with E-state index in [0.717, 1.165) is 71.1 Å². The maximum atomic E-state index is 6.89. The van der Waals surface area contributed by atoms with E-state index in [2.05, 4.69) is 180 Å². The van der Waals surface area contributed by atoms with Gasteiger partial charge >= 0.3 is 0 Å². The number of furan rings is 1. The Hall–Kier alpha value is -7.08. The molecule has 55 heavy (non-hydrogen) atoms. The van der Waals surface area contributed by atoms with Crippen molar-refractivity contribution < 1.29 is 4.42 Å². The van der Waals surface area contributed by atoms with Crippen molar-refractivity contribution in [3.8, 4) is 39.5 Å². The summed E-state index contributed by atoms with van der Waals surface area (Å²) in [5.41, 5.74) is 11.2. The van der Waals surface area contributed by atoms with Crippen molar-refractivity contribution in [2.45, 2.75) is 0 Å². The normalized spacial score (nSPS) is 12.0. The summed E-state index contributed by atoms with van der Waals surface area (Å²) < 4.78 is 11.5. The van der Waals surface area contributed by atoms with E-state index >= 15 is 0 Å². The van der Waals surface area contributed by atoms with Crippen LogP contribution in [0.5, 0.6) is 0 Å². The molecule has 0 radical (unpaired) electrons. The molecule has 8 aromatic carbocycles. The van der Waals surface area contributed by atoms with E-state index in [9.17, 15) is 0 Å². The van der Waals surface area contributed by atoms with E-state index in [1.807, 2.05) is 0 Å². The first-order chi connectivity index (χ1) is 27.3. The number of thiophene rings is 1. The van der Waals surface area contributed by atoms with Crippen LogP contribution in [0.2, 0.25) is 0 Å². The van der Waals surface area contributed by atoms with Gasteiger partial charge in [-0.05, 0) is 58.3 Å². The summed E-state index contributed by atoms with van der Waals surface area (Å²) in [6.07, 6.45) is 0. The second kappa shape index (κ2) is 11.7. The fraction of sp³-hybridized carbons (Fsp3) is 0. The average Bonchev–Trinajstić information content (AvgIpc) is 3.92. The zero-order valence-electron chi connectivity index (χ0n) is 29.4. The Labute approximate surface area is 319 Å². The highest BCUT2D eigenvalue weighted by Crippen LogP contribution is 2.44. The van der Waals surface area contributed by atoms with Gasteiger partial charge in [0, 0.05) is 42.8 Å². The van der Waals surface area contributed by atoms with Crippen LogP contribution < -0.4 is 0 Å². The highest BCUT2D eigenvalue weighted by atomic mass is 32.1. The van der Waals surface area contributed by atoms with Crippen LogP contribution in [0.1, 0.15) is 0 Å². The third-order valence-electron chi connectivity index (χ3n) is 11.0. The van der Waals surface area contributed by atoms with Crippen molar-refractivity contribution in [2.24, 2.45) is 0 Å². The number of aromatic nitrogens is 3. The minimum atomic E-state index is 0.681.